The molecule has 7 amide bonds. The second kappa shape index (κ2) is 32.0. The van der Waals surface area contributed by atoms with Crippen LogP contribution in [0.1, 0.15) is 61.9 Å². The van der Waals surface area contributed by atoms with Crippen LogP contribution in [0.5, 0.6) is 11.5 Å². The molecule has 13 atom stereocenters. The zero-order valence-corrected chi connectivity index (χ0v) is 53.6. The number of anilines is 1. The molecule has 0 unspecified atom stereocenters. The fourth-order valence-electron chi connectivity index (χ4n) is 11.3. The summed E-state index contributed by atoms with van der Waals surface area (Å²) in [6.07, 6.45) is -5.30. The molecule has 34 heteroatoms. The number of phenolic OH excluding ortho intramolecular Hbond substituents is 1. The Hall–Kier alpha value is -7.40. The molecular formula is C58H68N13NaO18S2. The predicted molar refractivity (Wildman–Crippen MR) is 319 cm³/mol. The third-order valence-corrected chi connectivity index (χ3v) is 17.5. The molecule has 31 nitrogen and oxygen atoms in total. The van der Waals surface area contributed by atoms with Crippen LogP contribution >= 0.6 is 23.7 Å². The van der Waals surface area contributed by atoms with E-state index in [9.17, 15) is 74.6 Å². The Bertz CT molecular complexity index is 3470. The summed E-state index contributed by atoms with van der Waals surface area (Å²) in [5, 5.41) is 119. The van der Waals surface area contributed by atoms with E-state index >= 15 is 0 Å². The van der Waals surface area contributed by atoms with Crippen molar-refractivity contribution in [3.05, 3.63) is 102 Å². The number of aliphatic hydroxyl groups is 6. The number of aromatic hydroxyl groups is 1. The first kappa shape index (κ1) is 70.5. The zero-order chi connectivity index (χ0) is 65.2. The van der Waals surface area contributed by atoms with Crippen molar-refractivity contribution in [2.24, 2.45) is 5.92 Å². The van der Waals surface area contributed by atoms with Gasteiger partial charge in [0, 0.05) is 80.9 Å². The molecule has 0 saturated carbocycles. The summed E-state index contributed by atoms with van der Waals surface area (Å²) in [5.74, 6) is -9.74. The topological polar surface area (TPSA) is 430 Å². The predicted octanol–water partition coefficient (Wildman–Crippen LogP) is -5.21. The number of amides is 7. The summed E-state index contributed by atoms with van der Waals surface area (Å²) in [6, 6.07) is 6.26. The minimum atomic E-state index is -2.16. The first-order valence-electron chi connectivity index (χ1n) is 29.1. The van der Waals surface area contributed by atoms with E-state index in [2.05, 4.69) is 73.1 Å². The fraction of sp³-hybridized carbons (Fsp3) is 0.466. The molecule has 12 N–H and O–H groups in total. The minimum absolute atomic E-state index is 0. The maximum absolute atomic E-state index is 14.6. The van der Waals surface area contributed by atoms with Gasteiger partial charge in [-0.25, -0.2) is 11.3 Å². The van der Waals surface area contributed by atoms with Crippen molar-refractivity contribution < 1.29 is 118 Å². The Morgan fingerprint density at radius 1 is 0.804 bits per heavy atom. The van der Waals surface area contributed by atoms with E-state index in [-0.39, 0.29) is 65.3 Å². The number of fused-ring (bicyclic) bond motifs is 2. The molecule has 486 valence electrons. The number of nitrogens with zero attached hydrogens (tertiary/aromatic N) is 8. The summed E-state index contributed by atoms with van der Waals surface area (Å²) >= 11 is 1.28. The monoisotopic (exact) mass is 1320 g/mol. The van der Waals surface area contributed by atoms with E-state index in [4.69, 9.17) is 10.8 Å². The van der Waals surface area contributed by atoms with Crippen molar-refractivity contribution >= 4 is 70.7 Å². The van der Waals surface area contributed by atoms with Gasteiger partial charge < -0.3 is 91.3 Å². The van der Waals surface area contributed by atoms with Gasteiger partial charge >= 0.3 is 29.6 Å². The van der Waals surface area contributed by atoms with Gasteiger partial charge in [0.1, 0.15) is 41.3 Å². The van der Waals surface area contributed by atoms with Crippen LogP contribution in [0.25, 0.3) is 31.7 Å². The smallest absolute Gasteiger partial charge is 0.691 e. The Morgan fingerprint density at radius 2 is 1.47 bits per heavy atom. The second-order valence-electron chi connectivity index (χ2n) is 22.7. The van der Waals surface area contributed by atoms with Gasteiger partial charge in [0.25, 0.3) is 18.2 Å². The van der Waals surface area contributed by atoms with E-state index in [0.29, 0.717) is 21.1 Å². The van der Waals surface area contributed by atoms with Crippen LogP contribution in [0.2, 0.25) is 0 Å². The molecule has 5 aromatic rings. The van der Waals surface area contributed by atoms with Crippen molar-refractivity contribution in [3.63, 3.8) is 0 Å². The normalized spacial score (nSPS) is 25.5. The maximum atomic E-state index is 14.6. The number of β-amino-alcohol motifs (C(OH)–C–C–N with tert-alkyl or cyclic N) is 1. The maximum Gasteiger partial charge on any atom is 1.00 e. The van der Waals surface area contributed by atoms with Crippen LogP contribution in [0.4, 0.5) is 5.69 Å². The molecule has 6 heterocycles. The molecule has 4 fully saturated rings. The number of piperidine rings is 1. The average Bonchev–Trinajstić information content (AvgIpc) is 1.69. The summed E-state index contributed by atoms with van der Waals surface area (Å²) < 4.78 is 10.9. The summed E-state index contributed by atoms with van der Waals surface area (Å²) in [5.41, 5.74) is 3.40. The van der Waals surface area contributed by atoms with Crippen LogP contribution < -0.4 is 70.5 Å². The second-order valence-corrected chi connectivity index (χ2v) is 24.1. The van der Waals surface area contributed by atoms with E-state index in [0.717, 1.165) is 66.2 Å². The minimum Gasteiger partial charge on any atom is -0.691 e. The SMILES string of the molecule is [C-]#[N+]C[C@@H](O)[C@@H]1NC(=O)[C@H]([C@H](O)Cc2ccc(O)c(OSOO[O-])c2)NC(=O)[C@@H]2C[C@H](O)CN2C(=O)[C@H]([C@H](C)O)NC(=O)[C@@H](NC(=O)c2ccc(-c3nnc(-c4cnn(-c5ccc(N6CCCCC6)cc5)c4)s3)cc2)C[C@H](O)CNC(=O)[C@@H]2[C@@H](O)[C@H](C)CN2C1=O.[Na+]. The summed E-state index contributed by atoms with van der Waals surface area (Å²) in [4.78, 5) is 108. The molecule has 9 rings (SSSR count). The van der Waals surface area contributed by atoms with E-state index in [1.54, 1.807) is 23.0 Å². The van der Waals surface area contributed by atoms with Gasteiger partial charge in [-0.05, 0) is 80.3 Å². The van der Waals surface area contributed by atoms with Crippen molar-refractivity contribution in [2.75, 3.05) is 44.2 Å². The van der Waals surface area contributed by atoms with Gasteiger partial charge in [-0.3, -0.25) is 38.6 Å². The molecule has 0 radical (unpaired) electrons. The molecule has 0 spiro atoms. The number of benzene rings is 3. The number of hydrogen-bond acceptors (Lipinski definition) is 24. The van der Waals surface area contributed by atoms with Crippen molar-refractivity contribution in [1.29, 1.82) is 0 Å². The molecule has 3 aromatic carbocycles. The zero-order valence-electron chi connectivity index (χ0n) is 50.0. The number of hydrogen-bond donors (Lipinski definition) is 12. The molecule has 92 heavy (non-hydrogen) atoms. The molecule has 4 aliphatic rings. The van der Waals surface area contributed by atoms with Gasteiger partial charge in [-0.2, -0.15) is 5.10 Å². The molecule has 4 saturated heterocycles. The van der Waals surface area contributed by atoms with Crippen molar-refractivity contribution in [2.45, 2.75) is 125 Å². The number of phenols is 1. The standard InChI is InChI=1S/C58H69N13O18S2.Na/c1-29-26-70-48(49(29)78)54(83)60-24-37(73)21-39(62-50(79)32-8-10-33(11-9-32)55-66-67-56(90-55)34-23-61-71(27-34)36-14-12-35(13-15-36)68-17-5-4-6-18-68)51(80)63-45(30(2)72)57(84)69-28-38(74)22-40(69)52(81)64-46(53(82)65-47(58(70)85)43(77)25-59-3)42(76)19-31-7-16-41(75)44(20-31)87-91-89-88-86;/h7-16,20,23,27,29-30,37-40,42-43,45-49,72-78,86H,4-6,17-19,21-22,24-26,28H2,1-2H3,(H,60,83)(H,62,79)(H,63,80)(H,64,81)(H,65,82);/q;+1/p-1/t29-,30+,37+,38+,39+,40+,42-,43-,45+,46+,47+,48+,49+;/m1./s1. The van der Waals surface area contributed by atoms with Crippen LogP contribution in [0.15, 0.2) is 79.1 Å². The first-order chi connectivity index (χ1) is 43.6. The first-order valence-corrected chi connectivity index (χ1v) is 30.6. The van der Waals surface area contributed by atoms with Crippen molar-refractivity contribution in [1.82, 2.24) is 56.4 Å². The van der Waals surface area contributed by atoms with Crippen molar-refractivity contribution in [3.8, 4) is 38.3 Å². The third kappa shape index (κ3) is 16.9. The number of aliphatic hydroxyl groups excluding tert-OH is 6. The number of aromatic nitrogens is 4. The molecule has 0 bridgehead atoms. The van der Waals surface area contributed by atoms with E-state index in [1.807, 2.05) is 18.3 Å². The summed E-state index contributed by atoms with van der Waals surface area (Å²) in [6.45, 7) is 9.64. The molecular weight excluding hydrogens is 1250 g/mol. The molecule has 2 aromatic heterocycles. The molecule has 4 aliphatic heterocycles. The Kier molecular flexibility index (Phi) is 24.5. The van der Waals surface area contributed by atoms with Crippen LogP contribution in [-0.4, -0.2) is 219 Å². The van der Waals surface area contributed by atoms with Gasteiger partial charge in [0.15, 0.2) is 22.6 Å². The fourth-order valence-corrected chi connectivity index (χ4v) is 12.4. The average molecular weight is 1320 g/mol. The van der Waals surface area contributed by atoms with Gasteiger partial charge in [-0.1, -0.05) is 36.5 Å². The number of carbonyl (C=O) groups is 7. The van der Waals surface area contributed by atoms with Gasteiger partial charge in [0.2, 0.25) is 42.0 Å². The molecule has 0 aliphatic carbocycles. The Morgan fingerprint density at radius 3 is 2.15 bits per heavy atom. The van der Waals surface area contributed by atoms with Gasteiger partial charge in [-0.15, -0.1) is 14.5 Å². The number of nitrogens with one attached hydrogen (secondary N) is 5. The number of rotatable bonds is 16. The Balaban J connectivity index is 0.0000109. The third-order valence-electron chi connectivity index (χ3n) is 16.2. The van der Waals surface area contributed by atoms with Crippen LogP contribution in [0, 0.1) is 12.5 Å². The Labute approximate surface area is 556 Å². The summed E-state index contributed by atoms with van der Waals surface area (Å²) in [7, 11) is 0. The number of carbonyl (C=O) groups excluding carboxylic acids is 7. The van der Waals surface area contributed by atoms with Crippen LogP contribution in [0.3, 0.4) is 0 Å². The van der Waals surface area contributed by atoms with E-state index < -0.39 is 165 Å². The van der Waals surface area contributed by atoms with E-state index in [1.165, 1.54) is 42.9 Å². The van der Waals surface area contributed by atoms with Crippen LogP contribution in [-0.2, 0) is 44.6 Å². The quantitative estimate of drug-likeness (QED) is 0.0110. The van der Waals surface area contributed by atoms with Gasteiger partial charge in [0.05, 0.1) is 48.0 Å². The largest absolute Gasteiger partial charge is 1.00 e.